The summed E-state index contributed by atoms with van der Waals surface area (Å²) in [5.41, 5.74) is 0.713. The van der Waals surface area contributed by atoms with E-state index in [9.17, 15) is 9.59 Å². The molecular weight excluding hydrogens is 332 g/mol. The van der Waals surface area contributed by atoms with Crippen LogP contribution in [-0.2, 0) is 16.7 Å². The van der Waals surface area contributed by atoms with Gasteiger partial charge in [-0.15, -0.1) is 0 Å². The van der Waals surface area contributed by atoms with Gasteiger partial charge in [0.2, 0.25) is 0 Å². The Morgan fingerprint density at radius 1 is 1.15 bits per heavy atom. The molecule has 1 aromatic heterocycles. The van der Waals surface area contributed by atoms with Crippen LogP contribution in [0.4, 0.5) is 4.79 Å². The number of ether oxygens (including phenoxy) is 1. The van der Waals surface area contributed by atoms with Crippen molar-refractivity contribution in [1.82, 2.24) is 19.4 Å². The Bertz CT molecular complexity index is 681. The first kappa shape index (κ1) is 18.9. The van der Waals surface area contributed by atoms with E-state index in [1.807, 2.05) is 9.80 Å². The molecule has 3 rings (SSSR count). The molecule has 0 atom stereocenters. The van der Waals surface area contributed by atoms with Crippen LogP contribution in [0.2, 0.25) is 0 Å². The van der Waals surface area contributed by atoms with Crippen molar-refractivity contribution in [3.05, 3.63) is 28.4 Å². The third kappa shape index (κ3) is 4.44. The predicted octanol–water partition coefficient (Wildman–Crippen LogP) is 1.70. The molecule has 0 aliphatic carbocycles. The number of rotatable bonds is 2. The van der Waals surface area contributed by atoms with E-state index in [0.717, 1.165) is 31.6 Å². The molecule has 3 heterocycles. The molecule has 144 valence electrons. The average Bonchev–Trinajstić information content (AvgIpc) is 2.63. The summed E-state index contributed by atoms with van der Waals surface area (Å²) < 4.78 is 7.02. The molecule has 7 heteroatoms. The molecule has 2 fully saturated rings. The van der Waals surface area contributed by atoms with Gasteiger partial charge in [-0.1, -0.05) is 20.8 Å². The fourth-order valence-corrected chi connectivity index (χ4v) is 3.51. The van der Waals surface area contributed by atoms with Crippen LogP contribution in [0.1, 0.15) is 39.3 Å². The first-order chi connectivity index (χ1) is 12.3. The zero-order valence-electron chi connectivity index (χ0n) is 16.1. The summed E-state index contributed by atoms with van der Waals surface area (Å²) in [6.45, 7) is 11.0. The van der Waals surface area contributed by atoms with Crippen molar-refractivity contribution >= 4 is 6.03 Å². The van der Waals surface area contributed by atoms with Crippen LogP contribution in [0.3, 0.4) is 0 Å². The molecule has 26 heavy (non-hydrogen) atoms. The van der Waals surface area contributed by atoms with Crippen molar-refractivity contribution in [1.29, 1.82) is 0 Å². The van der Waals surface area contributed by atoms with Gasteiger partial charge in [0.15, 0.2) is 0 Å². The number of carbonyl (C=O) groups excluding carboxylic acids is 1. The van der Waals surface area contributed by atoms with Gasteiger partial charge < -0.3 is 14.5 Å². The molecule has 0 N–H and O–H groups in total. The van der Waals surface area contributed by atoms with E-state index in [-0.39, 0.29) is 17.0 Å². The van der Waals surface area contributed by atoms with E-state index in [4.69, 9.17) is 4.74 Å². The number of morpholine rings is 1. The van der Waals surface area contributed by atoms with Crippen molar-refractivity contribution in [2.45, 2.75) is 45.6 Å². The second-order valence-corrected chi connectivity index (χ2v) is 8.33. The van der Waals surface area contributed by atoms with E-state index in [0.29, 0.717) is 38.8 Å². The molecule has 2 aliphatic heterocycles. The molecule has 0 saturated carbocycles. The molecule has 2 aliphatic rings. The minimum atomic E-state index is -0.122. The summed E-state index contributed by atoms with van der Waals surface area (Å²) in [6, 6.07) is 1.77. The Kier molecular flexibility index (Phi) is 5.65. The molecule has 0 unspecified atom stereocenters. The maximum Gasteiger partial charge on any atom is 0.320 e. The number of carbonyl (C=O) groups is 1. The highest BCUT2D eigenvalue weighted by Gasteiger charge is 2.27. The monoisotopic (exact) mass is 362 g/mol. The Morgan fingerprint density at radius 2 is 1.77 bits per heavy atom. The van der Waals surface area contributed by atoms with Crippen molar-refractivity contribution in [3.8, 4) is 0 Å². The summed E-state index contributed by atoms with van der Waals surface area (Å²) in [5, 5.41) is 0. The average molecular weight is 362 g/mol. The number of amides is 2. The van der Waals surface area contributed by atoms with Gasteiger partial charge in [0.05, 0.1) is 25.2 Å². The zero-order chi connectivity index (χ0) is 18.7. The van der Waals surface area contributed by atoms with Gasteiger partial charge in [0, 0.05) is 44.2 Å². The lowest BCUT2D eigenvalue weighted by molar-refractivity contribution is 0.0397. The van der Waals surface area contributed by atoms with Gasteiger partial charge in [-0.25, -0.2) is 9.78 Å². The fourth-order valence-electron chi connectivity index (χ4n) is 3.51. The predicted molar refractivity (Wildman–Crippen MR) is 99.3 cm³/mol. The van der Waals surface area contributed by atoms with Gasteiger partial charge in [0.1, 0.15) is 0 Å². The maximum atomic E-state index is 12.5. The maximum absolute atomic E-state index is 12.5. The lowest BCUT2D eigenvalue weighted by Crippen LogP contribution is -2.50. The van der Waals surface area contributed by atoms with Crippen molar-refractivity contribution < 1.29 is 9.53 Å². The third-order valence-electron chi connectivity index (χ3n) is 5.27. The number of hydrogen-bond acceptors (Lipinski definition) is 4. The Hall–Kier alpha value is -1.89. The standard InChI is InChI=1S/C19H30N4O3/c1-19(2,3)16-12-17(24)23(14-20-16)13-15-4-6-21(7-5-15)18(25)22-8-10-26-11-9-22/h12,14-15H,4-11,13H2,1-3H3. The SMILES string of the molecule is CC(C)(C)c1cc(=O)n(CC2CCN(C(=O)N3CCOCC3)CC2)cn1. The van der Waals surface area contributed by atoms with Gasteiger partial charge >= 0.3 is 6.03 Å². The first-order valence-electron chi connectivity index (χ1n) is 9.53. The van der Waals surface area contributed by atoms with E-state index < -0.39 is 0 Å². The van der Waals surface area contributed by atoms with Crippen LogP contribution >= 0.6 is 0 Å². The van der Waals surface area contributed by atoms with Crippen LogP contribution in [0.5, 0.6) is 0 Å². The molecular formula is C19H30N4O3. The normalized spacial score (nSPS) is 19.7. The number of likely N-dealkylation sites (tertiary alicyclic amines) is 1. The van der Waals surface area contributed by atoms with E-state index >= 15 is 0 Å². The highest BCUT2D eigenvalue weighted by atomic mass is 16.5. The lowest BCUT2D eigenvalue weighted by atomic mass is 9.92. The smallest absolute Gasteiger partial charge is 0.320 e. The summed E-state index contributed by atoms with van der Waals surface area (Å²) in [6.07, 6.45) is 3.52. The quantitative estimate of drug-likeness (QED) is 0.803. The van der Waals surface area contributed by atoms with Crippen LogP contribution in [0.25, 0.3) is 0 Å². The number of nitrogens with zero attached hydrogens (tertiary/aromatic N) is 4. The highest BCUT2D eigenvalue weighted by molar-refractivity contribution is 5.74. The minimum absolute atomic E-state index is 0.0109. The molecule has 0 radical (unpaired) electrons. The van der Waals surface area contributed by atoms with Crippen molar-refractivity contribution in [2.24, 2.45) is 5.92 Å². The molecule has 2 saturated heterocycles. The van der Waals surface area contributed by atoms with E-state index in [1.54, 1.807) is 17.0 Å². The molecule has 0 bridgehead atoms. The van der Waals surface area contributed by atoms with Crippen LogP contribution in [-0.4, -0.2) is 64.8 Å². The molecule has 0 spiro atoms. The molecule has 7 nitrogen and oxygen atoms in total. The fraction of sp³-hybridized carbons (Fsp3) is 0.737. The Balaban J connectivity index is 1.54. The van der Waals surface area contributed by atoms with Gasteiger partial charge in [-0.2, -0.15) is 0 Å². The Labute approximate surface area is 154 Å². The molecule has 2 amide bonds. The summed E-state index contributed by atoms with van der Waals surface area (Å²) in [7, 11) is 0. The van der Waals surface area contributed by atoms with Crippen molar-refractivity contribution in [3.63, 3.8) is 0 Å². The van der Waals surface area contributed by atoms with E-state index in [2.05, 4.69) is 25.8 Å². The van der Waals surface area contributed by atoms with Crippen molar-refractivity contribution in [2.75, 3.05) is 39.4 Å². The minimum Gasteiger partial charge on any atom is -0.378 e. The summed E-state index contributed by atoms with van der Waals surface area (Å²) in [5.74, 6) is 0.406. The third-order valence-corrected chi connectivity index (χ3v) is 5.27. The zero-order valence-corrected chi connectivity index (χ0v) is 16.1. The highest BCUT2D eigenvalue weighted by Crippen LogP contribution is 2.21. The summed E-state index contributed by atoms with van der Waals surface area (Å²) in [4.78, 5) is 33.2. The number of hydrogen-bond donors (Lipinski definition) is 0. The van der Waals surface area contributed by atoms with Crippen LogP contribution in [0, 0.1) is 5.92 Å². The second-order valence-electron chi connectivity index (χ2n) is 8.33. The summed E-state index contributed by atoms with van der Waals surface area (Å²) >= 11 is 0. The number of aromatic nitrogens is 2. The Morgan fingerprint density at radius 3 is 2.35 bits per heavy atom. The second kappa shape index (κ2) is 7.78. The van der Waals surface area contributed by atoms with Crippen LogP contribution < -0.4 is 5.56 Å². The molecule has 1 aromatic rings. The van der Waals surface area contributed by atoms with E-state index in [1.165, 1.54) is 0 Å². The van der Waals surface area contributed by atoms with Gasteiger partial charge in [0.25, 0.3) is 5.56 Å². The van der Waals surface area contributed by atoms with Gasteiger partial charge in [-0.3, -0.25) is 9.36 Å². The number of urea groups is 1. The van der Waals surface area contributed by atoms with Gasteiger partial charge in [-0.05, 0) is 18.8 Å². The lowest BCUT2D eigenvalue weighted by Gasteiger charge is -2.37. The first-order valence-corrected chi connectivity index (χ1v) is 9.53. The topological polar surface area (TPSA) is 67.7 Å². The molecule has 0 aromatic carbocycles. The largest absolute Gasteiger partial charge is 0.378 e. The van der Waals surface area contributed by atoms with Crippen LogP contribution in [0.15, 0.2) is 17.2 Å². The number of piperidine rings is 1.